The van der Waals surface area contributed by atoms with Gasteiger partial charge in [0, 0.05) is 11.8 Å². The lowest BCUT2D eigenvalue weighted by Gasteiger charge is -2.09. The van der Waals surface area contributed by atoms with Crippen LogP contribution >= 0.6 is 11.6 Å². The van der Waals surface area contributed by atoms with E-state index in [9.17, 15) is 4.21 Å². The smallest absolute Gasteiger partial charge is 0.157 e. The van der Waals surface area contributed by atoms with Gasteiger partial charge in [-0.3, -0.25) is 4.57 Å². The van der Waals surface area contributed by atoms with E-state index in [1.54, 1.807) is 29.2 Å². The van der Waals surface area contributed by atoms with Gasteiger partial charge in [0.25, 0.3) is 0 Å². The molecular formula is C16H14ClN3O2S. The second kappa shape index (κ2) is 6.62. The zero-order valence-corrected chi connectivity index (χ0v) is 13.9. The molecule has 7 heteroatoms. The third-order valence-electron chi connectivity index (χ3n) is 3.39. The molecule has 0 spiro atoms. The lowest BCUT2D eigenvalue weighted by Crippen LogP contribution is -2.00. The Morgan fingerprint density at radius 1 is 1.17 bits per heavy atom. The molecule has 118 valence electrons. The summed E-state index contributed by atoms with van der Waals surface area (Å²) in [6.45, 7) is 2.02. The van der Waals surface area contributed by atoms with Crippen molar-refractivity contribution in [3.05, 3.63) is 65.2 Å². The van der Waals surface area contributed by atoms with Gasteiger partial charge in [-0.1, -0.05) is 47.5 Å². The van der Waals surface area contributed by atoms with E-state index in [4.69, 9.17) is 16.2 Å². The number of pyridine rings is 1. The predicted octanol–water partition coefficient (Wildman–Crippen LogP) is 3.62. The number of hydrogen-bond acceptors (Lipinski definition) is 3. The number of hydrogen-bond donors (Lipinski definition) is 1. The molecule has 2 heterocycles. The van der Waals surface area contributed by atoms with Gasteiger partial charge in [0.2, 0.25) is 0 Å². The number of nitrogens with zero attached hydrogens (tertiary/aromatic N) is 3. The van der Waals surface area contributed by atoms with Crippen molar-refractivity contribution >= 4 is 22.7 Å². The summed E-state index contributed by atoms with van der Waals surface area (Å²) in [5.41, 5.74) is 3.56. The number of aryl methyl sites for hydroxylation is 1. The Morgan fingerprint density at radius 3 is 2.52 bits per heavy atom. The maximum atomic E-state index is 10.8. The predicted molar refractivity (Wildman–Crippen MR) is 91.0 cm³/mol. The third kappa shape index (κ3) is 3.50. The Hall–Kier alpha value is -2.02. The third-order valence-corrected chi connectivity index (χ3v) is 4.25. The Balaban J connectivity index is 2.01. The number of benzene rings is 1. The van der Waals surface area contributed by atoms with Crippen molar-refractivity contribution in [1.82, 2.24) is 14.5 Å². The molecule has 0 radical (unpaired) electrons. The van der Waals surface area contributed by atoms with Gasteiger partial charge in [-0.05, 0) is 18.6 Å². The molecule has 2 aromatic heterocycles. The number of aromatic nitrogens is 3. The molecule has 0 aliphatic carbocycles. The van der Waals surface area contributed by atoms with E-state index in [0.717, 1.165) is 16.8 Å². The summed E-state index contributed by atoms with van der Waals surface area (Å²) in [5.74, 6) is 0.704. The maximum Gasteiger partial charge on any atom is 0.157 e. The Labute approximate surface area is 141 Å². The fraction of sp³-hybridized carbons (Fsp3) is 0.125. The summed E-state index contributed by atoms with van der Waals surface area (Å²) in [5, 5.41) is 0.399. The highest BCUT2D eigenvalue weighted by molar-refractivity contribution is 7.78. The molecule has 0 aliphatic heterocycles. The molecule has 23 heavy (non-hydrogen) atoms. The van der Waals surface area contributed by atoms with Crippen molar-refractivity contribution in [2.45, 2.75) is 12.7 Å². The van der Waals surface area contributed by atoms with E-state index in [0.29, 0.717) is 16.5 Å². The van der Waals surface area contributed by atoms with Crippen LogP contribution in [0.2, 0.25) is 5.15 Å². The van der Waals surface area contributed by atoms with Gasteiger partial charge in [0.05, 0.1) is 11.4 Å². The van der Waals surface area contributed by atoms with E-state index >= 15 is 0 Å². The normalized spacial score (nSPS) is 12.3. The highest BCUT2D eigenvalue weighted by atomic mass is 35.5. The lowest BCUT2D eigenvalue weighted by molar-refractivity contribution is 0.563. The molecule has 1 aromatic carbocycles. The monoisotopic (exact) mass is 347 g/mol. The summed E-state index contributed by atoms with van der Waals surface area (Å²) in [6, 6.07) is 11.5. The first-order valence-electron chi connectivity index (χ1n) is 6.87. The van der Waals surface area contributed by atoms with Gasteiger partial charge >= 0.3 is 0 Å². The van der Waals surface area contributed by atoms with Crippen molar-refractivity contribution < 1.29 is 8.76 Å². The van der Waals surface area contributed by atoms with Crippen molar-refractivity contribution in [2.75, 3.05) is 0 Å². The Kier molecular flexibility index (Phi) is 4.56. The summed E-state index contributed by atoms with van der Waals surface area (Å²) in [4.78, 5) is 8.50. The molecule has 1 atom stereocenters. The van der Waals surface area contributed by atoms with Gasteiger partial charge in [0.15, 0.2) is 16.2 Å². The summed E-state index contributed by atoms with van der Waals surface area (Å²) < 4.78 is 21.6. The van der Waals surface area contributed by atoms with Crippen LogP contribution in [0.4, 0.5) is 0 Å². The fourth-order valence-corrected chi connectivity index (χ4v) is 2.96. The van der Waals surface area contributed by atoms with Gasteiger partial charge < -0.3 is 4.55 Å². The molecule has 0 amide bonds. The van der Waals surface area contributed by atoms with Crippen LogP contribution in [0.25, 0.3) is 17.1 Å². The zero-order chi connectivity index (χ0) is 16.4. The minimum absolute atomic E-state index is 0.0583. The molecule has 0 saturated carbocycles. The van der Waals surface area contributed by atoms with Crippen molar-refractivity contribution in [2.24, 2.45) is 0 Å². The van der Waals surface area contributed by atoms with Crippen LogP contribution in [-0.2, 0) is 16.8 Å². The van der Waals surface area contributed by atoms with E-state index in [1.165, 1.54) is 0 Å². The van der Waals surface area contributed by atoms with Crippen LogP contribution in [0.1, 0.15) is 11.1 Å². The maximum absolute atomic E-state index is 10.8. The SMILES string of the molecule is Cc1ccc(-c2c(Cl)ncn2-c2ccc(CS(=O)O)cn2)cc1. The quantitative estimate of drug-likeness (QED) is 0.732. The molecule has 5 nitrogen and oxygen atoms in total. The average Bonchev–Trinajstić information content (AvgIpc) is 2.90. The van der Waals surface area contributed by atoms with Gasteiger partial charge in [-0.2, -0.15) is 0 Å². The minimum Gasteiger partial charge on any atom is -0.306 e. The van der Waals surface area contributed by atoms with E-state index in [-0.39, 0.29) is 5.75 Å². The highest BCUT2D eigenvalue weighted by Crippen LogP contribution is 2.29. The Bertz CT molecular complexity index is 845. The fourth-order valence-electron chi connectivity index (χ4n) is 2.26. The molecule has 0 bridgehead atoms. The molecule has 0 saturated heterocycles. The highest BCUT2D eigenvalue weighted by Gasteiger charge is 2.13. The first-order chi connectivity index (χ1) is 11.0. The number of imidazole rings is 1. The van der Waals surface area contributed by atoms with Crippen LogP contribution < -0.4 is 0 Å². The average molecular weight is 348 g/mol. The molecule has 1 unspecified atom stereocenters. The van der Waals surface area contributed by atoms with Crippen LogP contribution in [-0.4, -0.2) is 23.3 Å². The second-order valence-electron chi connectivity index (χ2n) is 5.11. The largest absolute Gasteiger partial charge is 0.306 e. The van der Waals surface area contributed by atoms with Crippen molar-refractivity contribution in [3.8, 4) is 17.1 Å². The van der Waals surface area contributed by atoms with Crippen LogP contribution in [0.15, 0.2) is 48.9 Å². The van der Waals surface area contributed by atoms with Crippen molar-refractivity contribution in [3.63, 3.8) is 0 Å². The van der Waals surface area contributed by atoms with E-state index in [1.807, 2.05) is 31.2 Å². The van der Waals surface area contributed by atoms with Gasteiger partial charge in [0.1, 0.15) is 12.1 Å². The standard InChI is InChI=1S/C16H14ClN3O2S/c1-11-2-5-13(6-3-11)15-16(17)19-10-20(15)14-7-4-12(8-18-14)9-23(21)22/h2-8,10H,9H2,1H3,(H,21,22). The summed E-state index contributed by atoms with van der Waals surface area (Å²) in [6.07, 6.45) is 3.19. The van der Waals surface area contributed by atoms with E-state index < -0.39 is 11.1 Å². The minimum atomic E-state index is -1.88. The number of rotatable bonds is 4. The van der Waals surface area contributed by atoms with E-state index in [2.05, 4.69) is 9.97 Å². The number of halogens is 1. The van der Waals surface area contributed by atoms with Crippen molar-refractivity contribution in [1.29, 1.82) is 0 Å². The topological polar surface area (TPSA) is 68.0 Å². The second-order valence-corrected chi connectivity index (χ2v) is 6.40. The van der Waals surface area contributed by atoms with Crippen LogP contribution in [0.5, 0.6) is 0 Å². The Morgan fingerprint density at radius 2 is 1.91 bits per heavy atom. The summed E-state index contributed by atoms with van der Waals surface area (Å²) >= 11 is 4.36. The van der Waals surface area contributed by atoms with Gasteiger partial charge in [-0.15, -0.1) is 0 Å². The summed E-state index contributed by atoms with van der Waals surface area (Å²) in [7, 11) is 0. The van der Waals surface area contributed by atoms with Crippen LogP contribution in [0.3, 0.4) is 0 Å². The molecule has 3 aromatic rings. The molecule has 0 aliphatic rings. The first kappa shape index (κ1) is 15.9. The molecule has 3 rings (SSSR count). The molecule has 0 fully saturated rings. The van der Waals surface area contributed by atoms with Crippen LogP contribution in [0, 0.1) is 6.92 Å². The zero-order valence-electron chi connectivity index (χ0n) is 12.3. The van der Waals surface area contributed by atoms with Gasteiger partial charge in [-0.25, -0.2) is 14.2 Å². The lowest BCUT2D eigenvalue weighted by atomic mass is 10.1. The molecular weight excluding hydrogens is 334 g/mol. The first-order valence-corrected chi connectivity index (χ1v) is 8.52. The molecule has 1 N–H and O–H groups in total.